The third-order valence-corrected chi connectivity index (χ3v) is 4.33. The van der Waals surface area contributed by atoms with Crippen molar-refractivity contribution in [3.8, 4) is 11.1 Å². The van der Waals surface area contributed by atoms with Crippen LogP contribution in [0.5, 0.6) is 0 Å². The van der Waals surface area contributed by atoms with E-state index < -0.39 is 0 Å². The van der Waals surface area contributed by atoms with Crippen LogP contribution in [-0.4, -0.2) is 4.98 Å². The molecule has 20 heavy (non-hydrogen) atoms. The molecule has 2 nitrogen and oxygen atoms in total. The molecule has 0 spiro atoms. The molecular formula is C17H16N2S. The number of nitrogens with one attached hydrogen (secondary N) is 1. The van der Waals surface area contributed by atoms with Gasteiger partial charge < -0.3 is 5.32 Å². The van der Waals surface area contributed by atoms with Gasteiger partial charge in [0.05, 0.1) is 10.2 Å². The van der Waals surface area contributed by atoms with E-state index in [1.165, 1.54) is 27.0 Å². The first-order valence-corrected chi connectivity index (χ1v) is 7.35. The Bertz CT molecular complexity index is 767. The summed E-state index contributed by atoms with van der Waals surface area (Å²) in [4.78, 5) is 4.52. The van der Waals surface area contributed by atoms with Crippen LogP contribution >= 0.6 is 11.3 Å². The Labute approximate surface area is 122 Å². The van der Waals surface area contributed by atoms with Crippen LogP contribution in [0.4, 0.5) is 5.13 Å². The Hall–Kier alpha value is -2.13. The molecular weight excluding hydrogens is 264 g/mol. The summed E-state index contributed by atoms with van der Waals surface area (Å²) in [6.45, 7) is 7.98. The van der Waals surface area contributed by atoms with Gasteiger partial charge in [-0.2, -0.15) is 0 Å². The molecule has 0 aliphatic carbocycles. The lowest BCUT2D eigenvalue weighted by atomic mass is 9.96. The summed E-state index contributed by atoms with van der Waals surface area (Å²) in [6, 6.07) is 12.9. The van der Waals surface area contributed by atoms with E-state index in [2.05, 4.69) is 67.1 Å². The molecule has 0 aliphatic rings. The highest BCUT2D eigenvalue weighted by Crippen LogP contribution is 2.33. The standard InChI is InChI=1S/C17H16N2S/c1-4-18-17-19-14-9-8-13(10-15(14)20-17)16-11(2)6-5-7-12(16)3/h4-10H,1H2,2-3H3,(H,18,19). The van der Waals surface area contributed by atoms with Crippen LogP contribution in [-0.2, 0) is 0 Å². The highest BCUT2D eigenvalue weighted by atomic mass is 32.1. The van der Waals surface area contributed by atoms with Crippen molar-refractivity contribution < 1.29 is 0 Å². The van der Waals surface area contributed by atoms with Gasteiger partial charge in [0.2, 0.25) is 0 Å². The summed E-state index contributed by atoms with van der Waals surface area (Å²) >= 11 is 1.65. The maximum atomic E-state index is 4.52. The summed E-state index contributed by atoms with van der Waals surface area (Å²) in [5.74, 6) is 0. The zero-order chi connectivity index (χ0) is 14.1. The minimum atomic E-state index is 0.883. The lowest BCUT2D eigenvalue weighted by Gasteiger charge is -2.09. The van der Waals surface area contributed by atoms with Crippen LogP contribution in [0.25, 0.3) is 21.3 Å². The van der Waals surface area contributed by atoms with Gasteiger partial charge in [0.1, 0.15) is 0 Å². The summed E-state index contributed by atoms with van der Waals surface area (Å²) in [6.07, 6.45) is 1.66. The molecule has 1 heterocycles. The summed E-state index contributed by atoms with van der Waals surface area (Å²) < 4.78 is 1.19. The Morgan fingerprint density at radius 2 is 1.90 bits per heavy atom. The molecule has 0 aliphatic heterocycles. The summed E-state index contributed by atoms with van der Waals surface area (Å²) in [7, 11) is 0. The zero-order valence-electron chi connectivity index (χ0n) is 11.6. The Balaban J connectivity index is 2.15. The molecule has 0 radical (unpaired) electrons. The second-order valence-electron chi connectivity index (χ2n) is 4.82. The number of benzene rings is 2. The average molecular weight is 280 g/mol. The lowest BCUT2D eigenvalue weighted by Crippen LogP contribution is -1.87. The number of aryl methyl sites for hydroxylation is 2. The fourth-order valence-electron chi connectivity index (χ4n) is 2.50. The van der Waals surface area contributed by atoms with Gasteiger partial charge in [0.25, 0.3) is 0 Å². The van der Waals surface area contributed by atoms with E-state index in [1.54, 1.807) is 17.5 Å². The molecule has 1 aromatic heterocycles. The maximum absolute atomic E-state index is 4.52. The van der Waals surface area contributed by atoms with E-state index in [9.17, 15) is 0 Å². The molecule has 1 N–H and O–H groups in total. The van der Waals surface area contributed by atoms with Crippen LogP contribution in [0, 0.1) is 13.8 Å². The molecule has 100 valence electrons. The van der Waals surface area contributed by atoms with Gasteiger partial charge in [-0.3, -0.25) is 0 Å². The van der Waals surface area contributed by atoms with Crippen LogP contribution in [0.1, 0.15) is 11.1 Å². The van der Waals surface area contributed by atoms with Crippen molar-refractivity contribution in [1.29, 1.82) is 0 Å². The van der Waals surface area contributed by atoms with Crippen LogP contribution in [0.2, 0.25) is 0 Å². The van der Waals surface area contributed by atoms with Crippen LogP contribution in [0.3, 0.4) is 0 Å². The number of nitrogens with zero attached hydrogens (tertiary/aromatic N) is 1. The molecule has 3 aromatic rings. The van der Waals surface area contributed by atoms with Crippen molar-refractivity contribution in [2.24, 2.45) is 0 Å². The quantitative estimate of drug-likeness (QED) is 0.719. The number of hydrogen-bond acceptors (Lipinski definition) is 3. The Morgan fingerprint density at radius 3 is 2.60 bits per heavy atom. The van der Waals surface area contributed by atoms with Crippen molar-refractivity contribution in [3.63, 3.8) is 0 Å². The lowest BCUT2D eigenvalue weighted by molar-refractivity contribution is 1.38. The molecule has 0 saturated carbocycles. The van der Waals surface area contributed by atoms with Gasteiger partial charge in [-0.1, -0.05) is 42.2 Å². The van der Waals surface area contributed by atoms with Crippen molar-refractivity contribution in [2.75, 3.05) is 5.32 Å². The van der Waals surface area contributed by atoms with E-state index in [0.29, 0.717) is 0 Å². The average Bonchev–Trinajstić information content (AvgIpc) is 2.80. The van der Waals surface area contributed by atoms with Gasteiger partial charge >= 0.3 is 0 Å². The number of rotatable bonds is 3. The Kier molecular flexibility index (Phi) is 3.28. The molecule has 0 fully saturated rings. The van der Waals surface area contributed by atoms with Crippen molar-refractivity contribution >= 4 is 26.7 Å². The van der Waals surface area contributed by atoms with Gasteiger partial charge in [-0.25, -0.2) is 4.98 Å². The normalized spacial score (nSPS) is 10.7. The SMILES string of the molecule is C=CNc1nc2ccc(-c3c(C)cccc3C)cc2s1. The zero-order valence-corrected chi connectivity index (χ0v) is 12.4. The topological polar surface area (TPSA) is 24.9 Å². The number of thiazole rings is 1. The molecule has 0 amide bonds. The van der Waals surface area contributed by atoms with Crippen LogP contribution < -0.4 is 5.32 Å². The van der Waals surface area contributed by atoms with E-state index >= 15 is 0 Å². The predicted molar refractivity (Wildman–Crippen MR) is 88.3 cm³/mol. The Morgan fingerprint density at radius 1 is 1.15 bits per heavy atom. The van der Waals surface area contributed by atoms with Crippen LogP contribution in [0.15, 0.2) is 49.2 Å². The number of hydrogen-bond donors (Lipinski definition) is 1. The second-order valence-corrected chi connectivity index (χ2v) is 5.85. The number of fused-ring (bicyclic) bond motifs is 1. The van der Waals surface area contributed by atoms with Gasteiger partial charge in [0.15, 0.2) is 5.13 Å². The summed E-state index contributed by atoms with van der Waals surface area (Å²) in [5, 5.41) is 3.93. The molecule has 0 saturated heterocycles. The molecule has 3 rings (SSSR count). The largest absolute Gasteiger partial charge is 0.339 e. The molecule has 0 bridgehead atoms. The third-order valence-electron chi connectivity index (χ3n) is 3.38. The monoisotopic (exact) mass is 280 g/mol. The van der Waals surface area contributed by atoms with E-state index in [0.717, 1.165) is 10.6 Å². The molecule has 3 heteroatoms. The smallest absolute Gasteiger partial charge is 0.187 e. The number of aromatic nitrogens is 1. The minimum absolute atomic E-state index is 0.883. The van der Waals surface area contributed by atoms with Crippen molar-refractivity contribution in [1.82, 2.24) is 4.98 Å². The van der Waals surface area contributed by atoms with E-state index in [-0.39, 0.29) is 0 Å². The first-order valence-electron chi connectivity index (χ1n) is 6.53. The fraction of sp³-hybridized carbons (Fsp3) is 0.118. The van der Waals surface area contributed by atoms with E-state index in [4.69, 9.17) is 0 Å². The number of anilines is 1. The molecule has 0 unspecified atom stereocenters. The van der Waals surface area contributed by atoms with Gasteiger partial charge in [0, 0.05) is 0 Å². The molecule has 2 aromatic carbocycles. The van der Waals surface area contributed by atoms with Gasteiger partial charge in [-0.05, 0) is 54.4 Å². The maximum Gasteiger partial charge on any atom is 0.187 e. The highest BCUT2D eigenvalue weighted by Gasteiger charge is 2.08. The minimum Gasteiger partial charge on any atom is -0.339 e. The van der Waals surface area contributed by atoms with Gasteiger partial charge in [-0.15, -0.1) is 0 Å². The third kappa shape index (κ3) is 2.21. The first-order chi connectivity index (χ1) is 9.69. The molecule has 0 atom stereocenters. The summed E-state index contributed by atoms with van der Waals surface area (Å²) in [5.41, 5.74) is 6.20. The first kappa shape index (κ1) is 12.9. The highest BCUT2D eigenvalue weighted by molar-refractivity contribution is 7.22. The van der Waals surface area contributed by atoms with E-state index in [1.807, 2.05) is 0 Å². The fourth-order valence-corrected chi connectivity index (χ4v) is 3.40. The predicted octanol–water partition coefficient (Wildman–Crippen LogP) is 5.14. The van der Waals surface area contributed by atoms with Crippen molar-refractivity contribution in [3.05, 3.63) is 60.3 Å². The van der Waals surface area contributed by atoms with Crippen molar-refractivity contribution in [2.45, 2.75) is 13.8 Å². The second kappa shape index (κ2) is 5.10.